The molecule has 0 fully saturated rings. The van der Waals surface area contributed by atoms with E-state index in [0.717, 1.165) is 4.47 Å². The fraction of sp³-hybridized carbons (Fsp3) is 0. The summed E-state index contributed by atoms with van der Waals surface area (Å²) in [5, 5.41) is 2.87. The summed E-state index contributed by atoms with van der Waals surface area (Å²) in [6, 6.07) is 30.4. The van der Waals surface area contributed by atoms with Crippen LogP contribution in [0.2, 0.25) is 0 Å². The van der Waals surface area contributed by atoms with Crippen molar-refractivity contribution in [3.8, 4) is 11.5 Å². The Morgan fingerprint density at radius 1 is 0.710 bits per heavy atom. The van der Waals surface area contributed by atoms with Crippen molar-refractivity contribution >= 4 is 33.3 Å². The molecule has 4 nitrogen and oxygen atoms in total. The highest BCUT2D eigenvalue weighted by atomic mass is 79.9. The molecule has 1 amide bonds. The fourth-order valence-electron chi connectivity index (χ4n) is 3.11. The summed E-state index contributed by atoms with van der Waals surface area (Å²) in [4.78, 5) is 26.2. The fourth-order valence-corrected chi connectivity index (χ4v) is 3.47. The van der Waals surface area contributed by atoms with Crippen molar-refractivity contribution < 1.29 is 14.3 Å². The van der Waals surface area contributed by atoms with Gasteiger partial charge < -0.3 is 10.1 Å². The molecule has 5 heteroatoms. The molecule has 0 saturated carbocycles. The lowest BCUT2D eigenvalue weighted by Gasteiger charge is -2.14. The van der Waals surface area contributed by atoms with E-state index < -0.39 is 0 Å². The Hall–Kier alpha value is -3.70. The van der Waals surface area contributed by atoms with Gasteiger partial charge in [-0.25, -0.2) is 0 Å². The van der Waals surface area contributed by atoms with Gasteiger partial charge in [0.1, 0.15) is 11.5 Å². The van der Waals surface area contributed by atoms with Crippen LogP contribution < -0.4 is 10.1 Å². The maximum Gasteiger partial charge on any atom is 0.259 e. The minimum atomic E-state index is -0.365. The molecule has 0 aliphatic carbocycles. The molecular formula is C26H18BrNO3. The molecule has 0 bridgehead atoms. The molecule has 1 N–H and O–H groups in total. The molecule has 0 aliphatic rings. The predicted octanol–water partition coefficient (Wildman–Crippen LogP) is 6.72. The van der Waals surface area contributed by atoms with Crippen LogP contribution in [-0.2, 0) is 0 Å². The second-order valence-electron chi connectivity index (χ2n) is 6.75. The van der Waals surface area contributed by atoms with Gasteiger partial charge in [0.15, 0.2) is 5.78 Å². The number of hydrogen-bond acceptors (Lipinski definition) is 3. The Labute approximate surface area is 188 Å². The molecular weight excluding hydrogens is 454 g/mol. The van der Waals surface area contributed by atoms with Crippen molar-refractivity contribution in [2.75, 3.05) is 5.32 Å². The monoisotopic (exact) mass is 471 g/mol. The van der Waals surface area contributed by atoms with E-state index in [-0.39, 0.29) is 11.7 Å². The predicted molar refractivity (Wildman–Crippen MR) is 125 cm³/mol. The zero-order valence-electron chi connectivity index (χ0n) is 16.4. The van der Waals surface area contributed by atoms with E-state index in [1.165, 1.54) is 0 Å². The average molecular weight is 472 g/mol. The first-order valence-corrected chi connectivity index (χ1v) is 10.4. The standard InChI is InChI=1S/C26H18BrNO3/c27-19-15-16-23(22(17-19)25(29)18-9-3-1-4-10-18)28-26(30)21-13-7-8-14-24(21)31-20-11-5-2-6-12-20/h1-17H,(H,28,30). The Balaban J connectivity index is 1.64. The van der Waals surface area contributed by atoms with Gasteiger partial charge in [0.05, 0.1) is 11.3 Å². The molecule has 0 radical (unpaired) electrons. The average Bonchev–Trinajstić information content (AvgIpc) is 2.81. The van der Waals surface area contributed by atoms with E-state index in [1.54, 1.807) is 66.7 Å². The maximum absolute atomic E-state index is 13.1. The molecule has 0 atom stereocenters. The Bertz CT molecular complexity index is 1220. The minimum Gasteiger partial charge on any atom is -0.457 e. The highest BCUT2D eigenvalue weighted by molar-refractivity contribution is 9.10. The van der Waals surface area contributed by atoms with E-state index in [9.17, 15) is 9.59 Å². The molecule has 0 spiro atoms. The van der Waals surface area contributed by atoms with Crippen LogP contribution in [0.4, 0.5) is 5.69 Å². The van der Waals surface area contributed by atoms with Gasteiger partial charge in [-0.3, -0.25) is 9.59 Å². The molecule has 0 saturated heterocycles. The lowest BCUT2D eigenvalue weighted by molar-refractivity contribution is 0.102. The summed E-state index contributed by atoms with van der Waals surface area (Å²) in [5.41, 5.74) is 1.74. The Morgan fingerprint density at radius 2 is 1.35 bits per heavy atom. The number of hydrogen-bond donors (Lipinski definition) is 1. The molecule has 4 rings (SSSR count). The van der Waals surface area contributed by atoms with E-state index in [4.69, 9.17) is 4.74 Å². The van der Waals surface area contributed by atoms with Gasteiger partial charge in [0.25, 0.3) is 5.91 Å². The highest BCUT2D eigenvalue weighted by Crippen LogP contribution is 2.28. The van der Waals surface area contributed by atoms with Crippen molar-refractivity contribution in [2.24, 2.45) is 0 Å². The number of ketones is 1. The molecule has 4 aromatic carbocycles. The van der Waals surface area contributed by atoms with Crippen LogP contribution in [0.1, 0.15) is 26.3 Å². The third kappa shape index (κ3) is 4.90. The van der Waals surface area contributed by atoms with Gasteiger partial charge in [-0.15, -0.1) is 0 Å². The van der Waals surface area contributed by atoms with Crippen LogP contribution >= 0.6 is 15.9 Å². The van der Waals surface area contributed by atoms with Crippen LogP contribution in [0.5, 0.6) is 11.5 Å². The first kappa shape index (κ1) is 20.6. The zero-order valence-corrected chi connectivity index (χ0v) is 18.0. The summed E-state index contributed by atoms with van der Waals surface area (Å²) >= 11 is 3.41. The number of halogens is 1. The number of anilines is 1. The van der Waals surface area contributed by atoms with Gasteiger partial charge in [-0.2, -0.15) is 0 Å². The number of para-hydroxylation sites is 2. The van der Waals surface area contributed by atoms with Crippen LogP contribution in [0.15, 0.2) is 108 Å². The zero-order chi connectivity index (χ0) is 21.6. The molecule has 152 valence electrons. The van der Waals surface area contributed by atoms with Gasteiger partial charge in [-0.05, 0) is 42.5 Å². The molecule has 0 aromatic heterocycles. The van der Waals surface area contributed by atoms with Gasteiger partial charge in [-0.1, -0.05) is 76.6 Å². The van der Waals surface area contributed by atoms with Crippen LogP contribution in [0.25, 0.3) is 0 Å². The normalized spacial score (nSPS) is 10.4. The molecule has 0 unspecified atom stereocenters. The quantitative estimate of drug-likeness (QED) is 0.317. The first-order valence-electron chi connectivity index (χ1n) is 9.64. The van der Waals surface area contributed by atoms with E-state index >= 15 is 0 Å². The van der Waals surface area contributed by atoms with Crippen molar-refractivity contribution in [3.05, 3.63) is 124 Å². The number of amides is 1. The van der Waals surface area contributed by atoms with Crippen LogP contribution in [0, 0.1) is 0 Å². The molecule has 0 heterocycles. The van der Waals surface area contributed by atoms with Gasteiger partial charge in [0.2, 0.25) is 0 Å². The third-order valence-corrected chi connectivity index (χ3v) is 5.11. The number of ether oxygens (including phenoxy) is 1. The summed E-state index contributed by atoms with van der Waals surface area (Å²) in [7, 11) is 0. The Kier molecular flexibility index (Phi) is 6.24. The minimum absolute atomic E-state index is 0.175. The number of carbonyl (C=O) groups excluding carboxylic acids is 2. The van der Waals surface area contributed by atoms with Gasteiger partial charge in [0, 0.05) is 15.6 Å². The van der Waals surface area contributed by atoms with Crippen LogP contribution in [-0.4, -0.2) is 11.7 Å². The summed E-state index contributed by atoms with van der Waals surface area (Å²) in [6.07, 6.45) is 0. The lowest BCUT2D eigenvalue weighted by atomic mass is 10.0. The number of carbonyl (C=O) groups is 2. The van der Waals surface area contributed by atoms with Crippen molar-refractivity contribution in [3.63, 3.8) is 0 Å². The van der Waals surface area contributed by atoms with E-state index in [1.807, 2.05) is 36.4 Å². The molecule has 31 heavy (non-hydrogen) atoms. The highest BCUT2D eigenvalue weighted by Gasteiger charge is 2.18. The number of benzene rings is 4. The number of rotatable bonds is 6. The van der Waals surface area contributed by atoms with Crippen molar-refractivity contribution in [1.29, 1.82) is 0 Å². The number of nitrogens with one attached hydrogen (secondary N) is 1. The Morgan fingerprint density at radius 3 is 2.10 bits per heavy atom. The first-order chi connectivity index (χ1) is 15.1. The summed E-state index contributed by atoms with van der Waals surface area (Å²) < 4.78 is 6.65. The summed E-state index contributed by atoms with van der Waals surface area (Å²) in [6.45, 7) is 0. The smallest absolute Gasteiger partial charge is 0.259 e. The van der Waals surface area contributed by atoms with Crippen molar-refractivity contribution in [1.82, 2.24) is 0 Å². The summed E-state index contributed by atoms with van der Waals surface area (Å²) in [5.74, 6) is 0.521. The second kappa shape index (κ2) is 9.41. The largest absolute Gasteiger partial charge is 0.457 e. The van der Waals surface area contributed by atoms with E-state index in [2.05, 4.69) is 21.2 Å². The maximum atomic E-state index is 13.1. The topological polar surface area (TPSA) is 55.4 Å². The third-order valence-electron chi connectivity index (χ3n) is 4.61. The second-order valence-corrected chi connectivity index (χ2v) is 7.67. The van der Waals surface area contributed by atoms with Crippen LogP contribution in [0.3, 0.4) is 0 Å². The molecule has 4 aromatic rings. The SMILES string of the molecule is O=C(c1ccccc1)c1cc(Br)ccc1NC(=O)c1ccccc1Oc1ccccc1. The molecule has 0 aliphatic heterocycles. The van der Waals surface area contributed by atoms with Crippen molar-refractivity contribution in [2.45, 2.75) is 0 Å². The lowest BCUT2D eigenvalue weighted by Crippen LogP contribution is -2.16. The van der Waals surface area contributed by atoms with Gasteiger partial charge >= 0.3 is 0 Å². The van der Waals surface area contributed by atoms with E-state index in [0.29, 0.717) is 33.9 Å².